The number of fused-ring (bicyclic) bond motifs is 1. The minimum absolute atomic E-state index is 0.0320. The number of aliphatic hydroxyl groups is 1. The van der Waals surface area contributed by atoms with E-state index in [9.17, 15) is 5.11 Å². The van der Waals surface area contributed by atoms with Crippen molar-refractivity contribution >= 4 is 10.9 Å². The maximum atomic E-state index is 9.74. The predicted octanol–water partition coefficient (Wildman–Crippen LogP) is 1.57. The van der Waals surface area contributed by atoms with Crippen molar-refractivity contribution in [2.24, 2.45) is 5.41 Å². The largest absolute Gasteiger partial charge is 0.396 e. The van der Waals surface area contributed by atoms with Crippen LogP contribution in [0.3, 0.4) is 0 Å². The van der Waals surface area contributed by atoms with E-state index >= 15 is 0 Å². The van der Waals surface area contributed by atoms with Crippen LogP contribution in [0.5, 0.6) is 0 Å². The van der Waals surface area contributed by atoms with Gasteiger partial charge in [0.25, 0.3) is 0 Å². The fraction of sp³-hybridized carbons (Fsp3) is 0.533. The lowest BCUT2D eigenvalue weighted by Crippen LogP contribution is -2.31. The van der Waals surface area contributed by atoms with Gasteiger partial charge in [-0.1, -0.05) is 18.2 Å². The van der Waals surface area contributed by atoms with Gasteiger partial charge in [-0.05, 0) is 26.0 Å². The fourth-order valence-corrected chi connectivity index (χ4v) is 3.06. The molecule has 4 heteroatoms. The van der Waals surface area contributed by atoms with Crippen molar-refractivity contribution in [3.05, 3.63) is 30.0 Å². The standard InChI is InChI=1S/C15H21N3O/c1-2-18-14-6-4-3-5-12(14)13(17-18)9-15(11-19)7-8-16-10-15/h3-6,16,19H,2,7-11H2,1H3. The minimum atomic E-state index is -0.0320. The summed E-state index contributed by atoms with van der Waals surface area (Å²) in [6.45, 7) is 5.10. The van der Waals surface area contributed by atoms with E-state index < -0.39 is 0 Å². The Morgan fingerprint density at radius 2 is 2.26 bits per heavy atom. The van der Waals surface area contributed by atoms with E-state index in [1.807, 2.05) is 0 Å². The SMILES string of the molecule is CCn1nc(CC2(CO)CCNC2)c2ccccc21. The first kappa shape index (κ1) is 12.6. The molecule has 0 aliphatic carbocycles. The molecule has 0 spiro atoms. The number of nitrogens with one attached hydrogen (secondary N) is 1. The van der Waals surface area contributed by atoms with Gasteiger partial charge >= 0.3 is 0 Å². The summed E-state index contributed by atoms with van der Waals surface area (Å²) in [5.41, 5.74) is 2.28. The number of para-hydroxylation sites is 1. The van der Waals surface area contributed by atoms with Crippen LogP contribution in [0.2, 0.25) is 0 Å². The van der Waals surface area contributed by atoms with Gasteiger partial charge in [0.1, 0.15) is 0 Å². The van der Waals surface area contributed by atoms with Crippen molar-refractivity contribution in [1.29, 1.82) is 0 Å². The van der Waals surface area contributed by atoms with E-state index in [1.54, 1.807) is 0 Å². The van der Waals surface area contributed by atoms with Gasteiger partial charge in [-0.2, -0.15) is 5.10 Å². The Hall–Kier alpha value is -1.39. The third kappa shape index (κ3) is 2.15. The molecular weight excluding hydrogens is 238 g/mol. The molecule has 0 saturated carbocycles. The normalized spacial score (nSPS) is 23.3. The molecule has 1 saturated heterocycles. The van der Waals surface area contributed by atoms with Gasteiger partial charge in [0.05, 0.1) is 17.8 Å². The van der Waals surface area contributed by atoms with Gasteiger partial charge in [-0.25, -0.2) is 0 Å². The Labute approximate surface area is 113 Å². The number of aromatic nitrogens is 2. The average molecular weight is 259 g/mol. The Morgan fingerprint density at radius 1 is 1.42 bits per heavy atom. The quantitative estimate of drug-likeness (QED) is 0.876. The predicted molar refractivity (Wildman–Crippen MR) is 76.1 cm³/mol. The molecular formula is C15H21N3O. The molecule has 3 rings (SSSR count). The van der Waals surface area contributed by atoms with Crippen LogP contribution in [0.1, 0.15) is 19.0 Å². The van der Waals surface area contributed by atoms with Gasteiger partial charge in [0.2, 0.25) is 0 Å². The summed E-state index contributed by atoms with van der Waals surface area (Å²) in [6.07, 6.45) is 1.88. The van der Waals surface area contributed by atoms with Crippen molar-refractivity contribution in [2.45, 2.75) is 26.3 Å². The van der Waals surface area contributed by atoms with Gasteiger partial charge < -0.3 is 10.4 Å². The highest BCUT2D eigenvalue weighted by molar-refractivity contribution is 5.82. The number of aryl methyl sites for hydroxylation is 1. The summed E-state index contributed by atoms with van der Waals surface area (Å²) in [7, 11) is 0. The molecule has 0 amide bonds. The second-order valence-corrected chi connectivity index (χ2v) is 5.54. The lowest BCUT2D eigenvalue weighted by atomic mass is 9.83. The fourth-order valence-electron chi connectivity index (χ4n) is 3.06. The molecule has 1 fully saturated rings. The van der Waals surface area contributed by atoms with E-state index in [0.29, 0.717) is 0 Å². The van der Waals surface area contributed by atoms with Crippen LogP contribution in [0.4, 0.5) is 0 Å². The molecule has 102 valence electrons. The Morgan fingerprint density at radius 3 is 2.95 bits per heavy atom. The summed E-state index contributed by atoms with van der Waals surface area (Å²) in [6, 6.07) is 8.37. The molecule has 0 bridgehead atoms. The molecule has 1 atom stereocenters. The average Bonchev–Trinajstić information content (AvgIpc) is 3.05. The zero-order valence-corrected chi connectivity index (χ0v) is 11.4. The van der Waals surface area contributed by atoms with E-state index in [4.69, 9.17) is 5.10 Å². The van der Waals surface area contributed by atoms with Crippen LogP contribution in [0, 0.1) is 5.41 Å². The molecule has 1 aliphatic rings. The monoisotopic (exact) mass is 259 g/mol. The van der Waals surface area contributed by atoms with Gasteiger partial charge in [0.15, 0.2) is 0 Å². The highest BCUT2D eigenvalue weighted by Gasteiger charge is 2.34. The molecule has 2 N–H and O–H groups in total. The summed E-state index contributed by atoms with van der Waals surface area (Å²) in [5, 5.41) is 19.1. The van der Waals surface area contributed by atoms with E-state index in [2.05, 4.69) is 41.2 Å². The molecule has 2 heterocycles. The summed E-state index contributed by atoms with van der Waals surface area (Å²) >= 11 is 0. The number of hydrogen-bond donors (Lipinski definition) is 2. The van der Waals surface area contributed by atoms with Crippen LogP contribution >= 0.6 is 0 Å². The summed E-state index contributed by atoms with van der Waals surface area (Å²) in [5.74, 6) is 0. The number of hydrogen-bond acceptors (Lipinski definition) is 3. The lowest BCUT2D eigenvalue weighted by Gasteiger charge is -2.24. The molecule has 1 unspecified atom stereocenters. The lowest BCUT2D eigenvalue weighted by molar-refractivity contribution is 0.142. The summed E-state index contributed by atoms with van der Waals surface area (Å²) in [4.78, 5) is 0. The zero-order chi connectivity index (χ0) is 13.3. The van der Waals surface area contributed by atoms with Crippen LogP contribution in [-0.4, -0.2) is 34.6 Å². The third-order valence-corrected chi connectivity index (χ3v) is 4.24. The number of benzene rings is 1. The topological polar surface area (TPSA) is 50.1 Å². The van der Waals surface area contributed by atoms with E-state index in [-0.39, 0.29) is 12.0 Å². The van der Waals surface area contributed by atoms with Gasteiger partial charge in [-0.15, -0.1) is 0 Å². The Balaban J connectivity index is 2.01. The van der Waals surface area contributed by atoms with Crippen LogP contribution in [0.15, 0.2) is 24.3 Å². The second-order valence-electron chi connectivity index (χ2n) is 5.54. The molecule has 1 aromatic carbocycles. The van der Waals surface area contributed by atoms with Crippen LogP contribution in [0.25, 0.3) is 10.9 Å². The Kier molecular flexibility index (Phi) is 3.29. The second kappa shape index (κ2) is 4.94. The van der Waals surface area contributed by atoms with Gasteiger partial charge in [-0.3, -0.25) is 4.68 Å². The van der Waals surface area contributed by atoms with Crippen molar-refractivity contribution in [3.63, 3.8) is 0 Å². The first-order valence-corrected chi connectivity index (χ1v) is 7.04. The maximum absolute atomic E-state index is 9.74. The highest BCUT2D eigenvalue weighted by atomic mass is 16.3. The van der Waals surface area contributed by atoms with Gasteiger partial charge in [0, 0.05) is 30.3 Å². The molecule has 19 heavy (non-hydrogen) atoms. The van der Waals surface area contributed by atoms with Crippen molar-refractivity contribution in [2.75, 3.05) is 19.7 Å². The molecule has 4 nitrogen and oxygen atoms in total. The van der Waals surface area contributed by atoms with Crippen molar-refractivity contribution < 1.29 is 5.11 Å². The van der Waals surface area contributed by atoms with Crippen LogP contribution < -0.4 is 5.32 Å². The zero-order valence-electron chi connectivity index (χ0n) is 11.4. The maximum Gasteiger partial charge on any atom is 0.0710 e. The van der Waals surface area contributed by atoms with Crippen molar-refractivity contribution in [3.8, 4) is 0 Å². The van der Waals surface area contributed by atoms with E-state index in [0.717, 1.165) is 38.2 Å². The molecule has 1 aromatic heterocycles. The smallest absolute Gasteiger partial charge is 0.0710 e. The number of aliphatic hydroxyl groups excluding tert-OH is 1. The molecule has 1 aliphatic heterocycles. The molecule has 2 aromatic rings. The first-order chi connectivity index (χ1) is 9.28. The number of nitrogens with zero attached hydrogens (tertiary/aromatic N) is 2. The summed E-state index contributed by atoms with van der Waals surface area (Å²) < 4.78 is 2.05. The van der Waals surface area contributed by atoms with E-state index in [1.165, 1.54) is 10.9 Å². The minimum Gasteiger partial charge on any atom is -0.396 e. The number of rotatable bonds is 4. The van der Waals surface area contributed by atoms with Crippen molar-refractivity contribution in [1.82, 2.24) is 15.1 Å². The first-order valence-electron chi connectivity index (χ1n) is 7.04. The van der Waals surface area contributed by atoms with Crippen LogP contribution in [-0.2, 0) is 13.0 Å². The Bertz CT molecular complexity index is 570. The molecule has 0 radical (unpaired) electrons. The third-order valence-electron chi connectivity index (χ3n) is 4.24. The highest BCUT2D eigenvalue weighted by Crippen LogP contribution is 2.31.